The Labute approximate surface area is 107 Å². The predicted molar refractivity (Wildman–Crippen MR) is 68.1 cm³/mol. The molecule has 0 saturated carbocycles. The fraction of sp³-hybridized carbons (Fsp3) is 0.500. The average Bonchev–Trinajstić information content (AvgIpc) is 2.99. The molecule has 1 N–H and O–H groups in total. The molecule has 0 bridgehead atoms. The van der Waals surface area contributed by atoms with E-state index in [2.05, 4.69) is 5.32 Å². The molecule has 4 heteroatoms. The first-order chi connectivity index (χ1) is 8.84. The van der Waals surface area contributed by atoms with Crippen LogP contribution in [0.3, 0.4) is 0 Å². The van der Waals surface area contributed by atoms with Gasteiger partial charge >= 0.3 is 6.09 Å². The molecule has 0 spiro atoms. The molecular formula is C14H18N2O2. The highest BCUT2D eigenvalue weighted by Gasteiger charge is 2.40. The van der Waals surface area contributed by atoms with Crippen LogP contribution in [0.25, 0.3) is 0 Å². The maximum absolute atomic E-state index is 12.0. The number of amides is 1. The van der Waals surface area contributed by atoms with Crippen LogP contribution >= 0.6 is 0 Å². The molecule has 96 valence electrons. The predicted octanol–water partition coefficient (Wildman–Crippen LogP) is 1.76. The van der Waals surface area contributed by atoms with Gasteiger partial charge in [0.2, 0.25) is 0 Å². The zero-order valence-electron chi connectivity index (χ0n) is 10.3. The lowest BCUT2D eigenvalue weighted by molar-refractivity contribution is 0.0922. The lowest BCUT2D eigenvalue weighted by atomic mass is 10.1. The van der Waals surface area contributed by atoms with E-state index in [-0.39, 0.29) is 6.09 Å². The second kappa shape index (κ2) is 4.98. The number of rotatable bonds is 2. The summed E-state index contributed by atoms with van der Waals surface area (Å²) in [5.74, 6) is 0. The third kappa shape index (κ3) is 2.20. The van der Waals surface area contributed by atoms with Gasteiger partial charge in [0.05, 0.1) is 6.04 Å². The molecule has 2 heterocycles. The molecule has 2 aliphatic heterocycles. The van der Waals surface area contributed by atoms with Crippen molar-refractivity contribution in [3.63, 3.8) is 0 Å². The van der Waals surface area contributed by atoms with Crippen LogP contribution in [-0.4, -0.2) is 36.2 Å². The van der Waals surface area contributed by atoms with E-state index in [9.17, 15) is 4.79 Å². The van der Waals surface area contributed by atoms with Crippen LogP contribution in [0.1, 0.15) is 18.4 Å². The van der Waals surface area contributed by atoms with Crippen LogP contribution in [0, 0.1) is 0 Å². The van der Waals surface area contributed by atoms with Crippen LogP contribution in [-0.2, 0) is 11.3 Å². The summed E-state index contributed by atoms with van der Waals surface area (Å²) in [5, 5.41) is 3.43. The number of fused-ring (bicyclic) bond motifs is 1. The summed E-state index contributed by atoms with van der Waals surface area (Å²) in [5.41, 5.74) is 1.03. The molecule has 18 heavy (non-hydrogen) atoms. The first-order valence-electron chi connectivity index (χ1n) is 6.55. The van der Waals surface area contributed by atoms with Crippen molar-refractivity contribution < 1.29 is 9.53 Å². The van der Waals surface area contributed by atoms with E-state index < -0.39 is 0 Å². The monoisotopic (exact) mass is 246 g/mol. The second-order valence-corrected chi connectivity index (χ2v) is 4.94. The van der Waals surface area contributed by atoms with Crippen molar-refractivity contribution in [1.82, 2.24) is 10.2 Å². The topological polar surface area (TPSA) is 41.6 Å². The zero-order valence-corrected chi connectivity index (χ0v) is 10.3. The van der Waals surface area contributed by atoms with E-state index in [0.717, 1.165) is 31.5 Å². The highest BCUT2D eigenvalue weighted by Crippen LogP contribution is 2.25. The van der Waals surface area contributed by atoms with Crippen molar-refractivity contribution >= 4 is 6.09 Å². The van der Waals surface area contributed by atoms with Gasteiger partial charge in [0, 0.05) is 12.6 Å². The molecule has 0 radical (unpaired) electrons. The normalized spacial score (nSPS) is 26.1. The number of hydrogen-bond donors (Lipinski definition) is 1. The highest BCUT2D eigenvalue weighted by molar-refractivity contribution is 5.68. The molecule has 0 unspecified atom stereocenters. The third-order valence-electron chi connectivity index (χ3n) is 3.83. The average molecular weight is 246 g/mol. The van der Waals surface area contributed by atoms with Gasteiger partial charge in [-0.15, -0.1) is 0 Å². The Morgan fingerprint density at radius 2 is 2.17 bits per heavy atom. The fourth-order valence-corrected chi connectivity index (χ4v) is 2.89. The first-order valence-corrected chi connectivity index (χ1v) is 6.55. The van der Waals surface area contributed by atoms with Crippen LogP contribution in [0.4, 0.5) is 4.79 Å². The number of hydrogen-bond acceptors (Lipinski definition) is 3. The summed E-state index contributed by atoms with van der Waals surface area (Å²) in [7, 11) is 0. The van der Waals surface area contributed by atoms with Gasteiger partial charge < -0.3 is 15.0 Å². The Balaban J connectivity index is 1.56. The second-order valence-electron chi connectivity index (χ2n) is 4.94. The van der Waals surface area contributed by atoms with Gasteiger partial charge in [0.15, 0.2) is 0 Å². The third-order valence-corrected chi connectivity index (χ3v) is 3.83. The van der Waals surface area contributed by atoms with Crippen LogP contribution in [0.2, 0.25) is 0 Å². The molecule has 1 aromatic rings. The largest absolute Gasteiger partial charge is 0.445 e. The molecule has 0 aromatic heterocycles. The van der Waals surface area contributed by atoms with Gasteiger partial charge in [-0.25, -0.2) is 4.79 Å². The van der Waals surface area contributed by atoms with Gasteiger partial charge in [-0.05, 0) is 24.9 Å². The van der Waals surface area contributed by atoms with Crippen LogP contribution in [0.5, 0.6) is 0 Å². The van der Waals surface area contributed by atoms with Crippen LogP contribution < -0.4 is 5.32 Å². The van der Waals surface area contributed by atoms with E-state index in [4.69, 9.17) is 4.74 Å². The van der Waals surface area contributed by atoms with Gasteiger partial charge in [-0.1, -0.05) is 30.3 Å². The van der Waals surface area contributed by atoms with E-state index in [0.29, 0.717) is 18.7 Å². The molecule has 2 fully saturated rings. The van der Waals surface area contributed by atoms with E-state index in [1.165, 1.54) is 0 Å². The molecule has 4 nitrogen and oxygen atoms in total. The van der Waals surface area contributed by atoms with Gasteiger partial charge in [-0.2, -0.15) is 0 Å². The molecule has 1 amide bonds. The minimum atomic E-state index is -0.171. The molecule has 2 saturated heterocycles. The van der Waals surface area contributed by atoms with Crippen molar-refractivity contribution in [3.05, 3.63) is 35.9 Å². The van der Waals surface area contributed by atoms with Crippen molar-refractivity contribution in [1.29, 1.82) is 0 Å². The minimum Gasteiger partial charge on any atom is -0.445 e. The summed E-state index contributed by atoms with van der Waals surface area (Å²) >= 11 is 0. The smallest absolute Gasteiger partial charge is 0.410 e. The van der Waals surface area contributed by atoms with E-state index in [1.54, 1.807) is 0 Å². The number of ether oxygens (including phenoxy) is 1. The van der Waals surface area contributed by atoms with Gasteiger partial charge in [0.1, 0.15) is 6.61 Å². The fourth-order valence-electron chi connectivity index (χ4n) is 2.89. The molecule has 1 aromatic carbocycles. The Bertz CT molecular complexity index is 421. The molecule has 2 aliphatic rings. The number of nitrogens with zero attached hydrogens (tertiary/aromatic N) is 1. The molecule has 2 atom stereocenters. The summed E-state index contributed by atoms with van der Waals surface area (Å²) in [4.78, 5) is 13.9. The molecular weight excluding hydrogens is 228 g/mol. The van der Waals surface area contributed by atoms with Crippen molar-refractivity contribution in [2.24, 2.45) is 0 Å². The lowest BCUT2D eigenvalue weighted by Crippen LogP contribution is -2.38. The number of likely N-dealkylation sites (tertiary alicyclic amines) is 1. The summed E-state index contributed by atoms with van der Waals surface area (Å²) in [6, 6.07) is 10.6. The SMILES string of the molecule is O=C(OCc1ccccc1)N1CC[C@H]2NCC[C@H]21. The number of carbonyl (C=O) groups excluding carboxylic acids is 1. The molecule has 3 rings (SSSR count). The van der Waals surface area contributed by atoms with Crippen LogP contribution in [0.15, 0.2) is 30.3 Å². The Hall–Kier alpha value is -1.55. The minimum absolute atomic E-state index is 0.171. The number of benzene rings is 1. The first kappa shape index (κ1) is 11.5. The van der Waals surface area contributed by atoms with Crippen molar-refractivity contribution in [2.45, 2.75) is 31.5 Å². The Morgan fingerprint density at radius 3 is 3.00 bits per heavy atom. The maximum atomic E-state index is 12.0. The number of carbonyl (C=O) groups is 1. The number of nitrogens with one attached hydrogen (secondary N) is 1. The van der Waals surface area contributed by atoms with Gasteiger partial charge in [0.25, 0.3) is 0 Å². The standard InChI is InChI=1S/C14H18N2O2/c17-14(18-10-11-4-2-1-3-5-11)16-9-7-12-13(16)6-8-15-12/h1-5,12-13,15H,6-10H2/t12-,13-/m1/s1. The Kier molecular flexibility index (Phi) is 3.19. The maximum Gasteiger partial charge on any atom is 0.410 e. The summed E-state index contributed by atoms with van der Waals surface area (Å²) < 4.78 is 5.38. The van der Waals surface area contributed by atoms with Crippen molar-refractivity contribution in [3.8, 4) is 0 Å². The molecule has 0 aliphatic carbocycles. The summed E-state index contributed by atoms with van der Waals surface area (Å²) in [6.45, 7) is 2.19. The van der Waals surface area contributed by atoms with E-state index in [1.807, 2.05) is 35.2 Å². The Morgan fingerprint density at radius 1 is 1.33 bits per heavy atom. The van der Waals surface area contributed by atoms with E-state index >= 15 is 0 Å². The van der Waals surface area contributed by atoms with Gasteiger partial charge in [-0.3, -0.25) is 0 Å². The highest BCUT2D eigenvalue weighted by atomic mass is 16.6. The lowest BCUT2D eigenvalue weighted by Gasteiger charge is -2.22. The van der Waals surface area contributed by atoms with Crippen molar-refractivity contribution in [2.75, 3.05) is 13.1 Å². The quantitative estimate of drug-likeness (QED) is 0.864. The zero-order chi connectivity index (χ0) is 12.4. The summed E-state index contributed by atoms with van der Waals surface area (Å²) in [6.07, 6.45) is 1.92.